The summed E-state index contributed by atoms with van der Waals surface area (Å²) in [4.78, 5) is 27.1. The van der Waals surface area contributed by atoms with E-state index in [-0.39, 0.29) is 17.7 Å². The van der Waals surface area contributed by atoms with Crippen molar-refractivity contribution in [3.63, 3.8) is 0 Å². The van der Waals surface area contributed by atoms with Crippen LogP contribution in [0.15, 0.2) is 46.9 Å². The summed E-state index contributed by atoms with van der Waals surface area (Å²) in [6.45, 7) is 1.09. The number of anilines is 1. The van der Waals surface area contributed by atoms with Crippen molar-refractivity contribution < 1.29 is 19.1 Å². The highest BCUT2D eigenvalue weighted by Gasteiger charge is 2.28. The van der Waals surface area contributed by atoms with Crippen LogP contribution in [0.1, 0.15) is 23.2 Å². The molecule has 0 atom stereocenters. The van der Waals surface area contributed by atoms with Gasteiger partial charge in [0.15, 0.2) is 11.5 Å². The van der Waals surface area contributed by atoms with Gasteiger partial charge in [-0.1, -0.05) is 15.9 Å². The van der Waals surface area contributed by atoms with E-state index in [4.69, 9.17) is 9.47 Å². The maximum atomic E-state index is 12.8. The Balaban J connectivity index is 1.58. The number of halogens is 1. The fraction of sp³-hybridized carbons (Fsp3) is 0.333. The molecule has 0 saturated carbocycles. The van der Waals surface area contributed by atoms with Crippen LogP contribution in [0.5, 0.6) is 11.5 Å². The van der Waals surface area contributed by atoms with Crippen molar-refractivity contribution in [3.8, 4) is 11.5 Å². The van der Waals surface area contributed by atoms with Gasteiger partial charge in [0.05, 0.1) is 14.2 Å². The molecule has 7 heteroatoms. The van der Waals surface area contributed by atoms with Crippen LogP contribution in [0.2, 0.25) is 0 Å². The van der Waals surface area contributed by atoms with Gasteiger partial charge in [-0.2, -0.15) is 0 Å². The second-order valence-electron chi connectivity index (χ2n) is 6.63. The Hall–Kier alpha value is -2.54. The number of amides is 2. The first kappa shape index (κ1) is 20.2. The van der Waals surface area contributed by atoms with Gasteiger partial charge in [0, 0.05) is 34.7 Å². The first-order valence-electron chi connectivity index (χ1n) is 9.09. The zero-order chi connectivity index (χ0) is 20.1. The number of rotatable bonds is 5. The number of hydrogen-bond acceptors (Lipinski definition) is 4. The average Bonchev–Trinajstić information content (AvgIpc) is 2.74. The number of benzene rings is 2. The van der Waals surface area contributed by atoms with Crippen LogP contribution in [0.25, 0.3) is 0 Å². The largest absolute Gasteiger partial charge is 0.493 e. The van der Waals surface area contributed by atoms with Crippen LogP contribution in [-0.4, -0.2) is 44.0 Å². The molecule has 1 fully saturated rings. The van der Waals surface area contributed by atoms with Crippen molar-refractivity contribution in [2.75, 3.05) is 32.6 Å². The van der Waals surface area contributed by atoms with Crippen molar-refractivity contribution in [1.29, 1.82) is 0 Å². The molecular formula is C21H23BrN2O4. The number of nitrogens with zero attached hydrogens (tertiary/aromatic N) is 1. The lowest BCUT2D eigenvalue weighted by Crippen LogP contribution is -2.41. The molecule has 148 valence electrons. The van der Waals surface area contributed by atoms with Crippen LogP contribution in [0, 0.1) is 5.92 Å². The summed E-state index contributed by atoms with van der Waals surface area (Å²) in [7, 11) is 3.10. The van der Waals surface area contributed by atoms with E-state index < -0.39 is 0 Å². The third kappa shape index (κ3) is 4.65. The third-order valence-electron chi connectivity index (χ3n) is 4.90. The van der Waals surface area contributed by atoms with E-state index in [0.717, 1.165) is 10.2 Å². The maximum absolute atomic E-state index is 12.8. The molecule has 0 aromatic heterocycles. The van der Waals surface area contributed by atoms with Crippen molar-refractivity contribution >= 4 is 33.4 Å². The predicted octanol–water partition coefficient (Wildman–Crippen LogP) is 3.96. The molecule has 6 nitrogen and oxygen atoms in total. The minimum Gasteiger partial charge on any atom is -0.493 e. The van der Waals surface area contributed by atoms with Crippen molar-refractivity contribution in [3.05, 3.63) is 52.5 Å². The summed E-state index contributed by atoms with van der Waals surface area (Å²) in [5, 5.41) is 2.95. The third-order valence-corrected chi connectivity index (χ3v) is 5.42. The van der Waals surface area contributed by atoms with Crippen molar-refractivity contribution in [2.24, 2.45) is 5.92 Å². The summed E-state index contributed by atoms with van der Waals surface area (Å²) in [6.07, 6.45) is 1.28. The fourth-order valence-electron chi connectivity index (χ4n) is 3.27. The lowest BCUT2D eigenvalue weighted by atomic mass is 9.95. The van der Waals surface area contributed by atoms with E-state index in [2.05, 4.69) is 21.2 Å². The topological polar surface area (TPSA) is 67.9 Å². The predicted molar refractivity (Wildman–Crippen MR) is 111 cm³/mol. The molecule has 0 spiro atoms. The summed E-state index contributed by atoms with van der Waals surface area (Å²) in [5.74, 6) is 0.950. The number of hydrogen-bond donors (Lipinski definition) is 1. The standard InChI is InChI=1S/C21H23BrN2O4/c1-27-18-8-3-15(13-19(18)28-2)21(26)24-11-9-14(10-12-24)20(25)23-17-6-4-16(22)5-7-17/h3-8,13-14H,9-12H2,1-2H3,(H,23,25). The molecule has 1 aliphatic rings. The lowest BCUT2D eigenvalue weighted by Gasteiger charge is -2.31. The Morgan fingerprint density at radius 3 is 2.25 bits per heavy atom. The Bertz CT molecular complexity index is 846. The average molecular weight is 447 g/mol. The Kier molecular flexibility index (Phi) is 6.57. The van der Waals surface area contributed by atoms with Gasteiger partial charge in [-0.15, -0.1) is 0 Å². The Morgan fingerprint density at radius 1 is 1.00 bits per heavy atom. The van der Waals surface area contributed by atoms with Crippen LogP contribution in [0.3, 0.4) is 0 Å². The highest BCUT2D eigenvalue weighted by Crippen LogP contribution is 2.29. The van der Waals surface area contributed by atoms with Gasteiger partial charge >= 0.3 is 0 Å². The second kappa shape index (κ2) is 9.10. The first-order valence-corrected chi connectivity index (χ1v) is 9.89. The lowest BCUT2D eigenvalue weighted by molar-refractivity contribution is -0.121. The van der Waals surface area contributed by atoms with Crippen LogP contribution in [-0.2, 0) is 4.79 Å². The molecule has 2 aromatic carbocycles. The Labute approximate surface area is 172 Å². The van der Waals surface area contributed by atoms with Crippen LogP contribution in [0.4, 0.5) is 5.69 Å². The molecule has 1 N–H and O–H groups in total. The van der Waals surface area contributed by atoms with Gasteiger partial charge in [-0.3, -0.25) is 9.59 Å². The van der Waals surface area contributed by atoms with E-state index >= 15 is 0 Å². The van der Waals surface area contributed by atoms with Gasteiger partial charge in [0.2, 0.25) is 5.91 Å². The molecule has 0 unspecified atom stereocenters. The number of piperidine rings is 1. The first-order chi connectivity index (χ1) is 13.5. The van der Waals surface area contributed by atoms with Gasteiger partial charge in [-0.25, -0.2) is 0 Å². The fourth-order valence-corrected chi connectivity index (χ4v) is 3.54. The number of methoxy groups -OCH3 is 2. The summed E-state index contributed by atoms with van der Waals surface area (Å²) < 4.78 is 11.5. The Morgan fingerprint density at radius 2 is 1.64 bits per heavy atom. The molecular weight excluding hydrogens is 424 g/mol. The summed E-state index contributed by atoms with van der Waals surface area (Å²) >= 11 is 3.38. The minimum atomic E-state index is -0.0990. The van der Waals surface area contributed by atoms with E-state index in [1.807, 2.05) is 24.3 Å². The zero-order valence-corrected chi connectivity index (χ0v) is 17.5. The van der Waals surface area contributed by atoms with E-state index in [1.54, 1.807) is 37.3 Å². The molecule has 3 rings (SSSR count). The molecule has 1 saturated heterocycles. The maximum Gasteiger partial charge on any atom is 0.253 e. The van der Waals surface area contributed by atoms with Crippen LogP contribution >= 0.6 is 15.9 Å². The van der Waals surface area contributed by atoms with Gasteiger partial charge in [-0.05, 0) is 55.3 Å². The molecule has 28 heavy (non-hydrogen) atoms. The highest BCUT2D eigenvalue weighted by atomic mass is 79.9. The number of ether oxygens (including phenoxy) is 2. The quantitative estimate of drug-likeness (QED) is 0.754. The molecule has 2 amide bonds. The number of nitrogens with one attached hydrogen (secondary N) is 1. The zero-order valence-electron chi connectivity index (χ0n) is 15.9. The molecule has 1 aliphatic heterocycles. The molecule has 1 heterocycles. The van der Waals surface area contributed by atoms with Crippen molar-refractivity contribution in [2.45, 2.75) is 12.8 Å². The summed E-state index contributed by atoms with van der Waals surface area (Å²) in [6, 6.07) is 12.6. The summed E-state index contributed by atoms with van der Waals surface area (Å²) in [5.41, 5.74) is 1.33. The second-order valence-corrected chi connectivity index (χ2v) is 7.55. The van der Waals surface area contributed by atoms with Crippen molar-refractivity contribution in [1.82, 2.24) is 4.90 Å². The van der Waals surface area contributed by atoms with E-state index in [1.165, 1.54) is 0 Å². The number of likely N-dealkylation sites (tertiary alicyclic amines) is 1. The van der Waals surface area contributed by atoms with Gasteiger partial charge < -0.3 is 19.7 Å². The SMILES string of the molecule is COc1ccc(C(=O)N2CCC(C(=O)Nc3ccc(Br)cc3)CC2)cc1OC. The van der Waals surface area contributed by atoms with E-state index in [0.29, 0.717) is 43.0 Å². The van der Waals surface area contributed by atoms with E-state index in [9.17, 15) is 9.59 Å². The molecule has 0 radical (unpaired) electrons. The molecule has 2 aromatic rings. The number of carbonyl (C=O) groups is 2. The minimum absolute atomic E-state index is 0.000498. The molecule has 0 aliphatic carbocycles. The monoisotopic (exact) mass is 446 g/mol. The normalized spacial score (nSPS) is 14.5. The number of carbonyl (C=O) groups excluding carboxylic acids is 2. The van der Waals surface area contributed by atoms with Crippen LogP contribution < -0.4 is 14.8 Å². The highest BCUT2D eigenvalue weighted by molar-refractivity contribution is 9.10. The van der Waals surface area contributed by atoms with Gasteiger partial charge in [0.1, 0.15) is 0 Å². The molecule has 0 bridgehead atoms. The van der Waals surface area contributed by atoms with Gasteiger partial charge in [0.25, 0.3) is 5.91 Å². The smallest absolute Gasteiger partial charge is 0.253 e.